The largest absolute Gasteiger partial charge is 0.507 e. The molecule has 0 atom stereocenters. The van der Waals surface area contributed by atoms with Crippen LogP contribution in [0.25, 0.3) is 0 Å². The first-order valence-corrected chi connectivity index (χ1v) is 4.34. The lowest BCUT2D eigenvalue weighted by Crippen LogP contribution is -2.01. The number of carbonyl (C=O) groups is 1. The second-order valence-electron chi connectivity index (χ2n) is 2.98. The van der Waals surface area contributed by atoms with Gasteiger partial charge < -0.3 is 5.11 Å². The standard InChI is InChI=1S/C11H13O2/c1-3-5-9(12)11-8(2)6-4-7-10(11)13/h4,6-7,13H,2-3,5H2,1H3. The molecule has 0 bridgehead atoms. The van der Waals surface area contributed by atoms with Gasteiger partial charge in [0.2, 0.25) is 0 Å². The number of benzene rings is 1. The molecular weight excluding hydrogens is 164 g/mol. The van der Waals surface area contributed by atoms with Gasteiger partial charge in [-0.2, -0.15) is 0 Å². The van der Waals surface area contributed by atoms with E-state index in [0.29, 0.717) is 17.5 Å². The lowest BCUT2D eigenvalue weighted by molar-refractivity contribution is 0.0979. The van der Waals surface area contributed by atoms with Crippen molar-refractivity contribution in [2.45, 2.75) is 19.8 Å². The van der Waals surface area contributed by atoms with Crippen LogP contribution in [0.4, 0.5) is 0 Å². The van der Waals surface area contributed by atoms with Gasteiger partial charge >= 0.3 is 0 Å². The Morgan fingerprint density at radius 3 is 2.77 bits per heavy atom. The minimum absolute atomic E-state index is 0.0333. The SMILES string of the molecule is [CH2]c1cccc(O)c1C(=O)CCC. The van der Waals surface area contributed by atoms with Crippen molar-refractivity contribution in [3.05, 3.63) is 36.2 Å². The summed E-state index contributed by atoms with van der Waals surface area (Å²) in [5.74, 6) is -0.00319. The Balaban J connectivity index is 3.05. The van der Waals surface area contributed by atoms with E-state index >= 15 is 0 Å². The average Bonchev–Trinajstić information content (AvgIpc) is 2.04. The molecule has 1 aromatic rings. The fraction of sp³-hybridized carbons (Fsp3) is 0.273. The molecule has 0 amide bonds. The van der Waals surface area contributed by atoms with Gasteiger partial charge in [0.05, 0.1) is 5.56 Å². The van der Waals surface area contributed by atoms with E-state index < -0.39 is 0 Å². The first-order chi connectivity index (χ1) is 6.16. The quantitative estimate of drug-likeness (QED) is 0.720. The van der Waals surface area contributed by atoms with Crippen LogP contribution in [0.15, 0.2) is 18.2 Å². The summed E-state index contributed by atoms with van der Waals surface area (Å²) in [6.45, 7) is 5.64. The molecular formula is C11H13O2. The maximum absolute atomic E-state index is 11.5. The second kappa shape index (κ2) is 4.08. The van der Waals surface area contributed by atoms with Gasteiger partial charge in [0.15, 0.2) is 5.78 Å². The zero-order valence-corrected chi connectivity index (χ0v) is 7.71. The molecule has 69 valence electrons. The number of hydrogen-bond acceptors (Lipinski definition) is 2. The van der Waals surface area contributed by atoms with E-state index in [0.717, 1.165) is 6.42 Å². The van der Waals surface area contributed by atoms with Crippen LogP contribution in [-0.2, 0) is 0 Å². The minimum Gasteiger partial charge on any atom is -0.507 e. The molecule has 1 rings (SSSR count). The molecule has 0 aliphatic carbocycles. The minimum atomic E-state index is -0.0365. The maximum atomic E-state index is 11.5. The highest BCUT2D eigenvalue weighted by molar-refractivity contribution is 6.00. The van der Waals surface area contributed by atoms with E-state index in [1.54, 1.807) is 12.1 Å². The molecule has 2 heteroatoms. The molecule has 2 nitrogen and oxygen atoms in total. The highest BCUT2D eigenvalue weighted by atomic mass is 16.3. The Morgan fingerprint density at radius 2 is 2.23 bits per heavy atom. The molecule has 0 heterocycles. The summed E-state index contributed by atoms with van der Waals surface area (Å²) in [5.41, 5.74) is 0.961. The van der Waals surface area contributed by atoms with Crippen LogP contribution in [0.3, 0.4) is 0 Å². The van der Waals surface area contributed by atoms with Gasteiger partial charge in [0.25, 0.3) is 0 Å². The number of aromatic hydroxyl groups is 1. The Labute approximate surface area is 78.2 Å². The van der Waals surface area contributed by atoms with E-state index in [-0.39, 0.29) is 11.5 Å². The van der Waals surface area contributed by atoms with E-state index in [1.807, 2.05) is 6.92 Å². The second-order valence-corrected chi connectivity index (χ2v) is 2.98. The van der Waals surface area contributed by atoms with Crippen molar-refractivity contribution >= 4 is 5.78 Å². The monoisotopic (exact) mass is 177 g/mol. The van der Waals surface area contributed by atoms with Crippen molar-refractivity contribution in [1.29, 1.82) is 0 Å². The number of phenolic OH excluding ortho intramolecular Hbond substituents is 1. The number of phenols is 1. The summed E-state index contributed by atoms with van der Waals surface area (Å²) in [7, 11) is 0. The topological polar surface area (TPSA) is 37.3 Å². The highest BCUT2D eigenvalue weighted by Gasteiger charge is 2.12. The van der Waals surface area contributed by atoms with Crippen LogP contribution in [0, 0.1) is 6.92 Å². The molecule has 13 heavy (non-hydrogen) atoms. The van der Waals surface area contributed by atoms with E-state index in [1.165, 1.54) is 6.07 Å². The predicted octanol–water partition coefficient (Wildman–Crippen LogP) is 2.56. The third kappa shape index (κ3) is 2.08. The van der Waals surface area contributed by atoms with Gasteiger partial charge in [-0.25, -0.2) is 0 Å². The van der Waals surface area contributed by atoms with Crippen LogP contribution in [0.2, 0.25) is 0 Å². The third-order valence-electron chi connectivity index (χ3n) is 1.88. The fourth-order valence-corrected chi connectivity index (χ4v) is 1.26. The molecule has 0 unspecified atom stereocenters. The zero-order valence-electron chi connectivity index (χ0n) is 7.71. The third-order valence-corrected chi connectivity index (χ3v) is 1.88. The molecule has 1 N–H and O–H groups in total. The number of ketones is 1. The van der Waals surface area contributed by atoms with E-state index in [2.05, 4.69) is 6.92 Å². The van der Waals surface area contributed by atoms with Crippen molar-refractivity contribution in [3.63, 3.8) is 0 Å². The Kier molecular flexibility index (Phi) is 3.07. The summed E-state index contributed by atoms with van der Waals surface area (Å²) in [6.07, 6.45) is 1.24. The number of carbonyl (C=O) groups excluding carboxylic acids is 1. The van der Waals surface area contributed by atoms with Crippen LogP contribution in [0.1, 0.15) is 35.7 Å². The first-order valence-electron chi connectivity index (χ1n) is 4.34. The summed E-state index contributed by atoms with van der Waals surface area (Å²) >= 11 is 0. The van der Waals surface area contributed by atoms with Crippen molar-refractivity contribution in [1.82, 2.24) is 0 Å². The summed E-state index contributed by atoms with van der Waals surface area (Å²) in [5, 5.41) is 9.43. The van der Waals surface area contributed by atoms with Gasteiger partial charge in [-0.15, -0.1) is 0 Å². The Morgan fingerprint density at radius 1 is 1.54 bits per heavy atom. The van der Waals surface area contributed by atoms with Crippen LogP contribution >= 0.6 is 0 Å². The highest BCUT2D eigenvalue weighted by Crippen LogP contribution is 2.22. The van der Waals surface area contributed by atoms with E-state index in [4.69, 9.17) is 0 Å². The van der Waals surface area contributed by atoms with Gasteiger partial charge in [-0.1, -0.05) is 19.1 Å². The fourth-order valence-electron chi connectivity index (χ4n) is 1.26. The summed E-state index contributed by atoms with van der Waals surface area (Å²) in [6, 6.07) is 4.92. The van der Waals surface area contributed by atoms with Gasteiger partial charge in [0.1, 0.15) is 5.75 Å². The molecule has 0 aliphatic heterocycles. The number of Topliss-reactive ketones (excluding diaryl/α,β-unsaturated/α-hetero) is 1. The number of hydrogen-bond donors (Lipinski definition) is 1. The summed E-state index contributed by atoms with van der Waals surface area (Å²) in [4.78, 5) is 11.5. The lowest BCUT2D eigenvalue weighted by atomic mass is 10.0. The molecule has 0 saturated heterocycles. The van der Waals surface area contributed by atoms with Crippen LogP contribution in [0.5, 0.6) is 5.75 Å². The lowest BCUT2D eigenvalue weighted by Gasteiger charge is -2.05. The Hall–Kier alpha value is -1.31. The maximum Gasteiger partial charge on any atom is 0.166 e. The van der Waals surface area contributed by atoms with Gasteiger partial charge in [0, 0.05) is 6.42 Å². The van der Waals surface area contributed by atoms with Crippen molar-refractivity contribution in [2.24, 2.45) is 0 Å². The normalized spacial score (nSPS) is 10.0. The average molecular weight is 177 g/mol. The van der Waals surface area contributed by atoms with Gasteiger partial charge in [-0.3, -0.25) is 4.79 Å². The molecule has 1 radical (unpaired) electrons. The first kappa shape index (κ1) is 9.78. The summed E-state index contributed by atoms with van der Waals surface area (Å²) < 4.78 is 0. The van der Waals surface area contributed by atoms with E-state index in [9.17, 15) is 9.90 Å². The van der Waals surface area contributed by atoms with Crippen LogP contribution < -0.4 is 0 Å². The van der Waals surface area contributed by atoms with Crippen LogP contribution in [-0.4, -0.2) is 10.9 Å². The predicted molar refractivity (Wildman–Crippen MR) is 51.8 cm³/mol. The van der Waals surface area contributed by atoms with Gasteiger partial charge in [-0.05, 0) is 25.0 Å². The van der Waals surface area contributed by atoms with Crippen molar-refractivity contribution < 1.29 is 9.90 Å². The molecule has 0 aliphatic rings. The molecule has 0 spiro atoms. The Bertz CT molecular complexity index is 296. The molecule has 0 fully saturated rings. The smallest absolute Gasteiger partial charge is 0.166 e. The van der Waals surface area contributed by atoms with Crippen molar-refractivity contribution in [3.8, 4) is 5.75 Å². The van der Waals surface area contributed by atoms with Crippen molar-refractivity contribution in [2.75, 3.05) is 0 Å². The zero-order chi connectivity index (χ0) is 9.84. The number of rotatable bonds is 3. The molecule has 1 aromatic carbocycles. The molecule has 0 saturated carbocycles. The molecule has 0 aromatic heterocycles.